The van der Waals surface area contributed by atoms with Gasteiger partial charge in [0.2, 0.25) is 0 Å². The second-order valence-electron chi connectivity index (χ2n) is 6.53. The zero-order chi connectivity index (χ0) is 22.8. The van der Waals surface area contributed by atoms with E-state index in [-0.39, 0.29) is 0 Å². The molecule has 0 aliphatic carbocycles. The van der Waals surface area contributed by atoms with Crippen LogP contribution in [-0.4, -0.2) is 38.5 Å². The molecule has 0 saturated carbocycles. The fraction of sp³-hybridized carbons (Fsp3) is 0.0833. The number of hydrogen-bond donors (Lipinski definition) is 2. The number of amides is 2. The van der Waals surface area contributed by atoms with Crippen LogP contribution in [0.5, 0.6) is 11.5 Å². The van der Waals surface area contributed by atoms with Crippen molar-refractivity contribution in [3.8, 4) is 11.5 Å². The first-order valence-electron chi connectivity index (χ1n) is 9.64. The molecular formula is C24H22N4O4. The van der Waals surface area contributed by atoms with Crippen LogP contribution in [0.2, 0.25) is 0 Å². The summed E-state index contributed by atoms with van der Waals surface area (Å²) < 4.78 is 10.3. The molecule has 0 fully saturated rings. The lowest BCUT2D eigenvalue weighted by molar-refractivity contribution is 0.0943. The number of carbonyl (C=O) groups is 2. The predicted molar refractivity (Wildman–Crippen MR) is 123 cm³/mol. The Labute approximate surface area is 185 Å². The van der Waals surface area contributed by atoms with E-state index in [1.807, 2.05) is 36.4 Å². The summed E-state index contributed by atoms with van der Waals surface area (Å²) in [6, 6.07) is 20.7. The van der Waals surface area contributed by atoms with Gasteiger partial charge in [0.1, 0.15) is 11.5 Å². The number of rotatable bonds is 8. The standard InChI is InChI=1S/C24H22N4O4/c1-31-21-7-3-5-17(13-21)15-25-27-23(29)19-9-11-20(12-10-19)24(30)28-26-16-18-6-4-8-22(14-18)32-2/h3-16H,1-2H3,(H,27,29)(H,28,30). The minimum atomic E-state index is -0.396. The Morgan fingerprint density at radius 2 is 1.09 bits per heavy atom. The first kappa shape index (κ1) is 22.2. The second-order valence-corrected chi connectivity index (χ2v) is 6.53. The van der Waals surface area contributed by atoms with Crippen molar-refractivity contribution in [3.05, 3.63) is 95.1 Å². The molecule has 0 aliphatic rings. The summed E-state index contributed by atoms with van der Waals surface area (Å²) in [5.74, 6) is 0.600. The maximum absolute atomic E-state index is 12.2. The number of methoxy groups -OCH3 is 2. The van der Waals surface area contributed by atoms with Crippen molar-refractivity contribution in [1.29, 1.82) is 0 Å². The Morgan fingerprint density at radius 3 is 1.47 bits per heavy atom. The molecular weight excluding hydrogens is 408 g/mol. The van der Waals surface area contributed by atoms with Gasteiger partial charge >= 0.3 is 0 Å². The van der Waals surface area contributed by atoms with Crippen LogP contribution in [0.1, 0.15) is 31.8 Å². The quantitative estimate of drug-likeness (QED) is 0.423. The van der Waals surface area contributed by atoms with Gasteiger partial charge in [-0.3, -0.25) is 9.59 Å². The fourth-order valence-electron chi connectivity index (χ4n) is 2.68. The van der Waals surface area contributed by atoms with Crippen molar-refractivity contribution in [2.45, 2.75) is 0 Å². The summed E-state index contributed by atoms with van der Waals surface area (Å²) in [7, 11) is 3.16. The molecule has 32 heavy (non-hydrogen) atoms. The summed E-state index contributed by atoms with van der Waals surface area (Å²) in [6.45, 7) is 0. The zero-order valence-corrected chi connectivity index (χ0v) is 17.6. The molecule has 8 heteroatoms. The number of carbonyl (C=O) groups excluding carboxylic acids is 2. The van der Waals surface area contributed by atoms with Gasteiger partial charge in [-0.15, -0.1) is 0 Å². The third kappa shape index (κ3) is 6.27. The van der Waals surface area contributed by atoms with Gasteiger partial charge in [0.25, 0.3) is 11.8 Å². The van der Waals surface area contributed by atoms with E-state index in [4.69, 9.17) is 9.47 Å². The summed E-state index contributed by atoms with van der Waals surface area (Å²) in [5.41, 5.74) is 7.20. The SMILES string of the molecule is COc1cccc(C=NNC(=O)c2ccc(C(=O)NN=Cc3cccc(OC)c3)cc2)c1. The van der Waals surface area contributed by atoms with Crippen LogP contribution in [0.25, 0.3) is 0 Å². The van der Waals surface area contributed by atoms with Crippen LogP contribution < -0.4 is 20.3 Å². The van der Waals surface area contributed by atoms with Crippen LogP contribution >= 0.6 is 0 Å². The molecule has 0 unspecified atom stereocenters. The molecule has 2 N–H and O–H groups in total. The van der Waals surface area contributed by atoms with Crippen LogP contribution in [0.4, 0.5) is 0 Å². The normalized spacial score (nSPS) is 10.8. The summed E-state index contributed by atoms with van der Waals surface area (Å²) in [5, 5.41) is 7.89. The smallest absolute Gasteiger partial charge is 0.271 e. The van der Waals surface area contributed by atoms with Crippen molar-refractivity contribution < 1.29 is 19.1 Å². The molecule has 162 valence electrons. The van der Waals surface area contributed by atoms with Gasteiger partial charge < -0.3 is 9.47 Å². The molecule has 0 radical (unpaired) electrons. The molecule has 2 amide bonds. The van der Waals surface area contributed by atoms with E-state index < -0.39 is 11.8 Å². The lowest BCUT2D eigenvalue weighted by Gasteiger charge is -2.03. The van der Waals surface area contributed by atoms with E-state index in [0.29, 0.717) is 22.6 Å². The molecule has 3 aromatic carbocycles. The molecule has 0 heterocycles. The average molecular weight is 430 g/mol. The van der Waals surface area contributed by atoms with Crippen LogP contribution in [-0.2, 0) is 0 Å². The predicted octanol–water partition coefficient (Wildman–Crippen LogP) is 3.23. The summed E-state index contributed by atoms with van der Waals surface area (Å²) >= 11 is 0. The van der Waals surface area contributed by atoms with Gasteiger partial charge in [-0.2, -0.15) is 10.2 Å². The Morgan fingerprint density at radius 1 is 0.688 bits per heavy atom. The topological polar surface area (TPSA) is 101 Å². The molecule has 8 nitrogen and oxygen atoms in total. The summed E-state index contributed by atoms with van der Waals surface area (Å²) in [6.07, 6.45) is 3.03. The molecule has 0 atom stereocenters. The van der Waals surface area contributed by atoms with Crippen molar-refractivity contribution in [3.63, 3.8) is 0 Å². The monoisotopic (exact) mass is 430 g/mol. The van der Waals surface area contributed by atoms with E-state index in [9.17, 15) is 9.59 Å². The molecule has 3 aromatic rings. The van der Waals surface area contributed by atoms with E-state index in [1.165, 1.54) is 36.7 Å². The van der Waals surface area contributed by atoms with Gasteiger partial charge in [-0.25, -0.2) is 10.9 Å². The van der Waals surface area contributed by atoms with Crippen molar-refractivity contribution in [1.82, 2.24) is 10.9 Å². The fourth-order valence-corrected chi connectivity index (χ4v) is 2.68. The Balaban J connectivity index is 1.54. The van der Waals surface area contributed by atoms with E-state index in [1.54, 1.807) is 26.4 Å². The third-order valence-corrected chi connectivity index (χ3v) is 4.36. The lowest BCUT2D eigenvalue weighted by atomic mass is 10.1. The van der Waals surface area contributed by atoms with Gasteiger partial charge in [0, 0.05) is 11.1 Å². The average Bonchev–Trinajstić information content (AvgIpc) is 2.84. The second kappa shape index (κ2) is 11.1. The van der Waals surface area contributed by atoms with Gasteiger partial charge in [-0.05, 0) is 59.7 Å². The number of benzene rings is 3. The van der Waals surface area contributed by atoms with Crippen molar-refractivity contribution >= 4 is 24.2 Å². The highest BCUT2D eigenvalue weighted by Crippen LogP contribution is 2.11. The maximum Gasteiger partial charge on any atom is 0.271 e. The van der Waals surface area contributed by atoms with E-state index in [0.717, 1.165) is 11.1 Å². The van der Waals surface area contributed by atoms with E-state index in [2.05, 4.69) is 21.1 Å². The zero-order valence-electron chi connectivity index (χ0n) is 17.6. The Kier molecular flexibility index (Phi) is 7.69. The number of nitrogens with one attached hydrogen (secondary N) is 2. The molecule has 0 bridgehead atoms. The first-order chi connectivity index (χ1) is 15.6. The van der Waals surface area contributed by atoms with Crippen LogP contribution in [0.3, 0.4) is 0 Å². The van der Waals surface area contributed by atoms with E-state index >= 15 is 0 Å². The highest BCUT2D eigenvalue weighted by atomic mass is 16.5. The summed E-state index contributed by atoms with van der Waals surface area (Å²) in [4.78, 5) is 24.5. The van der Waals surface area contributed by atoms with Gasteiger partial charge in [0.05, 0.1) is 26.6 Å². The highest BCUT2D eigenvalue weighted by molar-refractivity contribution is 5.98. The number of ether oxygens (including phenoxy) is 2. The van der Waals surface area contributed by atoms with Crippen LogP contribution in [0, 0.1) is 0 Å². The lowest BCUT2D eigenvalue weighted by Crippen LogP contribution is -2.19. The minimum Gasteiger partial charge on any atom is -0.497 e. The van der Waals surface area contributed by atoms with Crippen LogP contribution in [0.15, 0.2) is 83.0 Å². The Hall–Kier alpha value is -4.46. The first-order valence-corrected chi connectivity index (χ1v) is 9.64. The molecule has 0 aliphatic heterocycles. The minimum absolute atomic E-state index is 0.365. The molecule has 3 rings (SSSR count). The highest BCUT2D eigenvalue weighted by Gasteiger charge is 2.08. The largest absolute Gasteiger partial charge is 0.497 e. The maximum atomic E-state index is 12.2. The van der Waals surface area contributed by atoms with Gasteiger partial charge in [-0.1, -0.05) is 24.3 Å². The van der Waals surface area contributed by atoms with Gasteiger partial charge in [0.15, 0.2) is 0 Å². The van der Waals surface area contributed by atoms with Crippen molar-refractivity contribution in [2.75, 3.05) is 14.2 Å². The van der Waals surface area contributed by atoms with Crippen molar-refractivity contribution in [2.24, 2.45) is 10.2 Å². The number of hydrogen-bond acceptors (Lipinski definition) is 6. The molecule has 0 aromatic heterocycles. The Bertz CT molecular complexity index is 1050. The third-order valence-electron chi connectivity index (χ3n) is 4.36. The number of nitrogens with zero attached hydrogens (tertiary/aromatic N) is 2. The molecule has 0 saturated heterocycles. The molecule has 0 spiro atoms. The number of hydrazone groups is 2.